The molecule has 0 aliphatic rings. The maximum atomic E-state index is 12.4. The van der Waals surface area contributed by atoms with E-state index in [9.17, 15) is 4.79 Å². The number of imidazole rings is 1. The van der Waals surface area contributed by atoms with Gasteiger partial charge in [-0.3, -0.25) is 9.36 Å². The lowest BCUT2D eigenvalue weighted by atomic mass is 10.1. The van der Waals surface area contributed by atoms with Gasteiger partial charge < -0.3 is 5.32 Å². The zero-order valence-electron chi connectivity index (χ0n) is 12.5. The average molecular weight is 371 g/mol. The summed E-state index contributed by atoms with van der Waals surface area (Å²) in [5.74, 6) is 0.566. The zero-order chi connectivity index (χ0) is 16.2. The first-order valence-corrected chi connectivity index (χ1v) is 7.94. The van der Waals surface area contributed by atoms with Gasteiger partial charge in [0.25, 0.3) is 5.91 Å². The van der Waals surface area contributed by atoms with Gasteiger partial charge in [-0.05, 0) is 30.7 Å². The van der Waals surface area contributed by atoms with Crippen molar-refractivity contribution in [1.82, 2.24) is 19.9 Å². The summed E-state index contributed by atoms with van der Waals surface area (Å²) in [5, 5.41) is 2.98. The number of carbonyl (C=O) groups excluding carboxylic acids is 1. The fourth-order valence-corrected chi connectivity index (χ4v) is 2.88. The molecule has 5 nitrogen and oxygen atoms in total. The van der Waals surface area contributed by atoms with E-state index in [2.05, 4.69) is 31.2 Å². The van der Waals surface area contributed by atoms with Gasteiger partial charge in [0.1, 0.15) is 12.1 Å². The van der Waals surface area contributed by atoms with Crippen molar-refractivity contribution in [2.45, 2.75) is 13.0 Å². The third-order valence-corrected chi connectivity index (χ3v) is 4.22. The highest BCUT2D eigenvalue weighted by Crippen LogP contribution is 2.23. The lowest BCUT2D eigenvalue weighted by molar-refractivity contribution is 0.0939. The van der Waals surface area contributed by atoms with Crippen LogP contribution in [-0.2, 0) is 0 Å². The standard InChI is InChI=1S/C17H15BrN4O/c1-12(14-4-2-3-5-15(14)18)21-17(23)13-6-7-16(20-10-13)22-9-8-19-11-22/h2-12H,1H3,(H,21,23). The summed E-state index contributed by atoms with van der Waals surface area (Å²) in [4.78, 5) is 20.6. The Hall–Kier alpha value is -2.47. The maximum Gasteiger partial charge on any atom is 0.253 e. The van der Waals surface area contributed by atoms with Crippen LogP contribution in [0.3, 0.4) is 0 Å². The number of nitrogens with zero attached hydrogens (tertiary/aromatic N) is 3. The first-order chi connectivity index (χ1) is 11.1. The van der Waals surface area contributed by atoms with E-state index in [1.165, 1.54) is 0 Å². The number of aromatic nitrogens is 3. The Labute approximate surface area is 142 Å². The third kappa shape index (κ3) is 3.48. The normalized spacial score (nSPS) is 11.9. The number of carbonyl (C=O) groups is 1. The van der Waals surface area contributed by atoms with E-state index in [4.69, 9.17) is 0 Å². The SMILES string of the molecule is CC(NC(=O)c1ccc(-n2ccnc2)nc1)c1ccccc1Br. The molecule has 3 aromatic rings. The molecule has 2 aromatic heterocycles. The largest absolute Gasteiger partial charge is 0.345 e. The van der Waals surface area contributed by atoms with Gasteiger partial charge in [0.05, 0.1) is 11.6 Å². The van der Waals surface area contributed by atoms with E-state index in [-0.39, 0.29) is 11.9 Å². The smallest absolute Gasteiger partial charge is 0.253 e. The summed E-state index contributed by atoms with van der Waals surface area (Å²) >= 11 is 3.50. The van der Waals surface area contributed by atoms with Crippen LogP contribution in [0.5, 0.6) is 0 Å². The molecular weight excluding hydrogens is 356 g/mol. The van der Waals surface area contributed by atoms with E-state index in [0.717, 1.165) is 15.9 Å². The Morgan fingerprint density at radius 3 is 2.74 bits per heavy atom. The van der Waals surface area contributed by atoms with Crippen LogP contribution in [0.25, 0.3) is 5.82 Å². The lowest BCUT2D eigenvalue weighted by Gasteiger charge is -2.16. The topological polar surface area (TPSA) is 59.8 Å². The molecule has 6 heteroatoms. The Morgan fingerprint density at radius 1 is 1.26 bits per heavy atom. The van der Waals surface area contributed by atoms with Crippen molar-refractivity contribution in [3.8, 4) is 5.82 Å². The Kier molecular flexibility index (Phi) is 4.52. The lowest BCUT2D eigenvalue weighted by Crippen LogP contribution is -2.27. The Balaban J connectivity index is 1.72. The maximum absolute atomic E-state index is 12.4. The van der Waals surface area contributed by atoms with Gasteiger partial charge in [-0.2, -0.15) is 0 Å². The van der Waals surface area contributed by atoms with Crippen molar-refractivity contribution in [2.24, 2.45) is 0 Å². The molecule has 2 heterocycles. The van der Waals surface area contributed by atoms with Gasteiger partial charge in [-0.25, -0.2) is 9.97 Å². The number of nitrogens with one attached hydrogen (secondary N) is 1. The van der Waals surface area contributed by atoms with Crippen molar-refractivity contribution in [1.29, 1.82) is 0 Å². The molecule has 116 valence electrons. The van der Waals surface area contributed by atoms with Crippen LogP contribution in [0.15, 0.2) is 65.8 Å². The molecular formula is C17H15BrN4O. The minimum atomic E-state index is -0.155. The molecule has 1 amide bonds. The first kappa shape index (κ1) is 15.4. The predicted molar refractivity (Wildman–Crippen MR) is 91.4 cm³/mol. The number of benzene rings is 1. The quantitative estimate of drug-likeness (QED) is 0.764. The molecule has 1 unspecified atom stereocenters. The van der Waals surface area contributed by atoms with Crippen LogP contribution in [0.4, 0.5) is 0 Å². The molecule has 1 N–H and O–H groups in total. The van der Waals surface area contributed by atoms with Crippen LogP contribution in [-0.4, -0.2) is 20.4 Å². The van der Waals surface area contributed by atoms with Gasteiger partial charge in [0.2, 0.25) is 0 Å². The van der Waals surface area contributed by atoms with Crippen LogP contribution in [0.1, 0.15) is 28.9 Å². The molecule has 0 radical (unpaired) electrons. The van der Waals surface area contributed by atoms with Crippen molar-refractivity contribution in [3.05, 3.63) is 76.9 Å². The highest BCUT2D eigenvalue weighted by atomic mass is 79.9. The van der Waals surface area contributed by atoms with Gasteiger partial charge in [-0.15, -0.1) is 0 Å². The molecule has 1 aromatic carbocycles. The molecule has 23 heavy (non-hydrogen) atoms. The van der Waals surface area contributed by atoms with Crippen LogP contribution < -0.4 is 5.32 Å². The van der Waals surface area contributed by atoms with Crippen molar-refractivity contribution in [3.63, 3.8) is 0 Å². The highest BCUT2D eigenvalue weighted by molar-refractivity contribution is 9.10. The van der Waals surface area contributed by atoms with E-state index in [0.29, 0.717) is 5.56 Å². The number of hydrogen-bond acceptors (Lipinski definition) is 3. The molecule has 0 saturated heterocycles. The van der Waals surface area contributed by atoms with Crippen molar-refractivity contribution >= 4 is 21.8 Å². The predicted octanol–water partition coefficient (Wildman–Crippen LogP) is 3.52. The zero-order valence-corrected chi connectivity index (χ0v) is 14.1. The number of hydrogen-bond donors (Lipinski definition) is 1. The molecule has 3 rings (SSSR count). The van der Waals surface area contributed by atoms with Crippen LogP contribution >= 0.6 is 15.9 Å². The molecule has 0 fully saturated rings. The monoisotopic (exact) mass is 370 g/mol. The average Bonchev–Trinajstić information content (AvgIpc) is 3.09. The number of halogens is 1. The highest BCUT2D eigenvalue weighted by Gasteiger charge is 2.13. The fraction of sp³-hybridized carbons (Fsp3) is 0.118. The Bertz CT molecular complexity index is 800. The van der Waals surface area contributed by atoms with Gasteiger partial charge in [0, 0.05) is 23.1 Å². The second kappa shape index (κ2) is 6.75. The fourth-order valence-electron chi connectivity index (χ4n) is 2.25. The summed E-state index contributed by atoms with van der Waals surface area (Å²) in [7, 11) is 0. The first-order valence-electron chi connectivity index (χ1n) is 7.15. The van der Waals surface area contributed by atoms with Crippen molar-refractivity contribution in [2.75, 3.05) is 0 Å². The second-order valence-corrected chi connectivity index (χ2v) is 5.95. The summed E-state index contributed by atoms with van der Waals surface area (Å²) in [6.07, 6.45) is 6.72. The van der Waals surface area contributed by atoms with Gasteiger partial charge in [0.15, 0.2) is 0 Å². The van der Waals surface area contributed by atoms with Crippen LogP contribution in [0.2, 0.25) is 0 Å². The molecule has 0 bridgehead atoms. The molecule has 0 aliphatic carbocycles. The molecule has 0 aliphatic heterocycles. The van der Waals surface area contributed by atoms with Crippen LogP contribution in [0, 0.1) is 0 Å². The van der Waals surface area contributed by atoms with E-state index < -0.39 is 0 Å². The van der Waals surface area contributed by atoms with E-state index in [1.807, 2.05) is 31.2 Å². The minimum absolute atomic E-state index is 0.105. The number of pyridine rings is 1. The Morgan fingerprint density at radius 2 is 2.09 bits per heavy atom. The van der Waals surface area contributed by atoms with Gasteiger partial charge >= 0.3 is 0 Å². The third-order valence-electron chi connectivity index (χ3n) is 3.50. The van der Waals surface area contributed by atoms with E-state index in [1.54, 1.807) is 41.6 Å². The molecule has 0 spiro atoms. The van der Waals surface area contributed by atoms with Crippen molar-refractivity contribution < 1.29 is 4.79 Å². The summed E-state index contributed by atoms with van der Waals surface area (Å²) in [6, 6.07) is 11.3. The minimum Gasteiger partial charge on any atom is -0.345 e. The summed E-state index contributed by atoms with van der Waals surface area (Å²) in [6.45, 7) is 1.95. The number of amides is 1. The second-order valence-electron chi connectivity index (χ2n) is 5.09. The number of rotatable bonds is 4. The molecule has 1 atom stereocenters. The molecule has 0 saturated carbocycles. The van der Waals surface area contributed by atoms with E-state index >= 15 is 0 Å². The summed E-state index contributed by atoms with van der Waals surface area (Å²) < 4.78 is 2.76. The summed E-state index contributed by atoms with van der Waals surface area (Å²) in [5.41, 5.74) is 1.55. The van der Waals surface area contributed by atoms with Gasteiger partial charge in [-0.1, -0.05) is 34.1 Å².